The molecule has 0 aliphatic carbocycles. The average molecular weight is 428 g/mol. The van der Waals surface area contributed by atoms with Crippen molar-refractivity contribution < 1.29 is 13.9 Å². The molecule has 2 saturated heterocycles. The van der Waals surface area contributed by atoms with E-state index in [1.165, 1.54) is 6.20 Å². The number of aromatic nitrogens is 3. The standard InChI is InChI=1S/C18H20Cl2FN5O2/c1-18(2,3)28-17(27)26-7-9-5-25(6-10(9)8-26)15-11-4-22-14(19)12(21)13(11)23-16(20)24-15/h4,9-10H,5-8H2,1-3H3/t9-,10+. The molecule has 7 nitrogen and oxygen atoms in total. The highest BCUT2D eigenvalue weighted by molar-refractivity contribution is 6.30. The van der Waals surface area contributed by atoms with Crippen molar-refractivity contribution in [2.75, 3.05) is 31.1 Å². The summed E-state index contributed by atoms with van der Waals surface area (Å²) in [6, 6.07) is 0. The molecule has 0 unspecified atom stereocenters. The van der Waals surface area contributed by atoms with E-state index in [1.54, 1.807) is 4.90 Å². The molecule has 2 aromatic heterocycles. The van der Waals surface area contributed by atoms with Crippen LogP contribution in [0.15, 0.2) is 6.20 Å². The topological polar surface area (TPSA) is 71.5 Å². The number of anilines is 1. The van der Waals surface area contributed by atoms with Gasteiger partial charge in [-0.05, 0) is 32.4 Å². The second-order valence-electron chi connectivity index (χ2n) is 8.25. The zero-order chi connectivity index (χ0) is 20.2. The summed E-state index contributed by atoms with van der Waals surface area (Å²) in [4.78, 5) is 28.3. The van der Waals surface area contributed by atoms with Crippen LogP contribution in [-0.4, -0.2) is 57.7 Å². The van der Waals surface area contributed by atoms with Gasteiger partial charge in [-0.2, -0.15) is 4.98 Å². The van der Waals surface area contributed by atoms with E-state index in [0.717, 1.165) is 0 Å². The van der Waals surface area contributed by atoms with Crippen LogP contribution in [0.5, 0.6) is 0 Å². The van der Waals surface area contributed by atoms with E-state index in [9.17, 15) is 9.18 Å². The fraction of sp³-hybridized carbons (Fsp3) is 0.556. The number of amides is 1. The van der Waals surface area contributed by atoms with Crippen molar-refractivity contribution in [1.29, 1.82) is 0 Å². The molecule has 0 spiro atoms. The molecular weight excluding hydrogens is 408 g/mol. The number of rotatable bonds is 1. The van der Waals surface area contributed by atoms with Crippen LogP contribution >= 0.6 is 23.2 Å². The fourth-order valence-corrected chi connectivity index (χ4v) is 4.18. The van der Waals surface area contributed by atoms with Crippen molar-refractivity contribution in [3.63, 3.8) is 0 Å². The molecule has 4 rings (SSSR count). The van der Waals surface area contributed by atoms with Gasteiger partial charge in [0.2, 0.25) is 5.28 Å². The predicted octanol–water partition coefficient (Wildman–Crippen LogP) is 3.77. The van der Waals surface area contributed by atoms with Crippen LogP contribution in [0.25, 0.3) is 10.9 Å². The van der Waals surface area contributed by atoms with Crippen LogP contribution in [0.2, 0.25) is 10.4 Å². The van der Waals surface area contributed by atoms with E-state index in [0.29, 0.717) is 37.4 Å². The number of fused-ring (bicyclic) bond motifs is 2. The molecule has 0 saturated carbocycles. The Labute approximate surface area is 171 Å². The second-order valence-corrected chi connectivity index (χ2v) is 8.95. The van der Waals surface area contributed by atoms with Gasteiger partial charge in [-0.15, -0.1) is 0 Å². The molecular formula is C18H20Cl2FN5O2. The van der Waals surface area contributed by atoms with Crippen LogP contribution in [0.3, 0.4) is 0 Å². The van der Waals surface area contributed by atoms with Gasteiger partial charge in [0.15, 0.2) is 11.0 Å². The minimum absolute atomic E-state index is 0.0453. The van der Waals surface area contributed by atoms with Crippen molar-refractivity contribution in [3.05, 3.63) is 22.5 Å². The Bertz CT molecular complexity index is 938. The van der Waals surface area contributed by atoms with E-state index in [2.05, 4.69) is 15.0 Å². The third-order valence-corrected chi connectivity index (χ3v) is 5.46. The first-order chi connectivity index (χ1) is 13.1. The molecule has 150 valence electrons. The first-order valence-electron chi connectivity index (χ1n) is 9.02. The van der Waals surface area contributed by atoms with E-state index in [4.69, 9.17) is 27.9 Å². The molecule has 0 bridgehead atoms. The van der Waals surface area contributed by atoms with Gasteiger partial charge in [0, 0.05) is 44.2 Å². The first-order valence-corrected chi connectivity index (χ1v) is 9.78. The van der Waals surface area contributed by atoms with Crippen molar-refractivity contribution in [2.24, 2.45) is 11.8 Å². The van der Waals surface area contributed by atoms with Crippen LogP contribution < -0.4 is 4.90 Å². The number of pyridine rings is 1. The van der Waals surface area contributed by atoms with Crippen molar-refractivity contribution in [3.8, 4) is 0 Å². The average Bonchev–Trinajstić information content (AvgIpc) is 3.15. The Balaban J connectivity index is 1.54. The zero-order valence-corrected chi connectivity index (χ0v) is 17.3. The van der Waals surface area contributed by atoms with Gasteiger partial charge in [0.25, 0.3) is 0 Å². The summed E-state index contributed by atoms with van der Waals surface area (Å²) in [7, 11) is 0. The maximum Gasteiger partial charge on any atom is 0.410 e. The minimum atomic E-state index is -0.708. The molecule has 1 amide bonds. The Morgan fingerprint density at radius 1 is 1.18 bits per heavy atom. The molecule has 0 N–H and O–H groups in total. The predicted molar refractivity (Wildman–Crippen MR) is 104 cm³/mol. The maximum absolute atomic E-state index is 14.3. The number of hydrogen-bond donors (Lipinski definition) is 0. The van der Waals surface area contributed by atoms with Gasteiger partial charge in [0.05, 0.1) is 5.39 Å². The monoisotopic (exact) mass is 427 g/mol. The molecule has 2 atom stereocenters. The van der Waals surface area contributed by atoms with Crippen LogP contribution in [-0.2, 0) is 4.74 Å². The Morgan fingerprint density at radius 2 is 1.82 bits per heavy atom. The maximum atomic E-state index is 14.3. The third kappa shape index (κ3) is 3.55. The Morgan fingerprint density at radius 3 is 2.43 bits per heavy atom. The van der Waals surface area contributed by atoms with Crippen LogP contribution in [0, 0.1) is 17.7 Å². The molecule has 10 heteroatoms. The van der Waals surface area contributed by atoms with Crippen molar-refractivity contribution in [2.45, 2.75) is 26.4 Å². The summed E-state index contributed by atoms with van der Waals surface area (Å²) in [6.07, 6.45) is 1.18. The van der Waals surface area contributed by atoms with E-state index < -0.39 is 11.4 Å². The lowest BCUT2D eigenvalue weighted by Crippen LogP contribution is -2.37. The summed E-state index contributed by atoms with van der Waals surface area (Å²) < 4.78 is 19.8. The number of ether oxygens (including phenoxy) is 1. The SMILES string of the molecule is CC(C)(C)OC(=O)N1C[C@@H]2CN(c3nc(Cl)nc4c(F)c(Cl)ncc34)C[C@@H]2C1. The Kier molecular flexibility index (Phi) is 4.74. The molecule has 2 fully saturated rings. The van der Waals surface area contributed by atoms with Gasteiger partial charge >= 0.3 is 6.09 Å². The normalized spacial score (nSPS) is 22.1. The zero-order valence-electron chi connectivity index (χ0n) is 15.7. The smallest absolute Gasteiger partial charge is 0.410 e. The fourth-order valence-electron chi connectivity index (χ4n) is 3.88. The number of likely N-dealkylation sites (tertiary alicyclic amines) is 1. The summed E-state index contributed by atoms with van der Waals surface area (Å²) in [5.41, 5.74) is -0.460. The molecule has 2 aliphatic rings. The van der Waals surface area contributed by atoms with Gasteiger partial charge in [-0.25, -0.2) is 19.2 Å². The number of hydrogen-bond acceptors (Lipinski definition) is 6. The molecule has 0 aromatic carbocycles. The van der Waals surface area contributed by atoms with Gasteiger partial charge in [-0.1, -0.05) is 11.6 Å². The second kappa shape index (κ2) is 6.84. The van der Waals surface area contributed by atoms with Gasteiger partial charge in [-0.3, -0.25) is 0 Å². The lowest BCUT2D eigenvalue weighted by molar-refractivity contribution is 0.0282. The summed E-state index contributed by atoms with van der Waals surface area (Å²) in [5, 5.41) is 0.172. The molecule has 2 aromatic rings. The summed E-state index contributed by atoms with van der Waals surface area (Å²) >= 11 is 11.8. The lowest BCUT2D eigenvalue weighted by Gasteiger charge is -2.26. The molecule has 4 heterocycles. The summed E-state index contributed by atoms with van der Waals surface area (Å²) in [5.74, 6) is 0.388. The van der Waals surface area contributed by atoms with Gasteiger partial charge in [0.1, 0.15) is 16.9 Å². The number of nitrogens with zero attached hydrogens (tertiary/aromatic N) is 5. The highest BCUT2D eigenvalue weighted by atomic mass is 35.5. The largest absolute Gasteiger partial charge is 0.444 e. The quantitative estimate of drug-likeness (QED) is 0.509. The van der Waals surface area contributed by atoms with E-state index in [-0.39, 0.29) is 33.9 Å². The van der Waals surface area contributed by atoms with Crippen LogP contribution in [0.1, 0.15) is 20.8 Å². The number of carbonyl (C=O) groups is 1. The Hall–Kier alpha value is -1.93. The van der Waals surface area contributed by atoms with Gasteiger partial charge < -0.3 is 14.5 Å². The van der Waals surface area contributed by atoms with E-state index in [1.807, 2.05) is 25.7 Å². The molecule has 0 radical (unpaired) electrons. The number of halogens is 3. The van der Waals surface area contributed by atoms with Crippen LogP contribution in [0.4, 0.5) is 15.0 Å². The van der Waals surface area contributed by atoms with Crippen molar-refractivity contribution in [1.82, 2.24) is 19.9 Å². The number of carbonyl (C=O) groups excluding carboxylic acids is 1. The summed E-state index contributed by atoms with van der Waals surface area (Å²) in [6.45, 7) is 8.15. The minimum Gasteiger partial charge on any atom is -0.444 e. The van der Waals surface area contributed by atoms with Crippen molar-refractivity contribution >= 4 is 46.0 Å². The molecule has 2 aliphatic heterocycles. The highest BCUT2D eigenvalue weighted by Gasteiger charge is 2.43. The first kappa shape index (κ1) is 19.4. The highest BCUT2D eigenvalue weighted by Crippen LogP contribution is 2.37. The molecule has 28 heavy (non-hydrogen) atoms. The third-order valence-electron chi connectivity index (χ3n) is 5.03. The van der Waals surface area contributed by atoms with E-state index >= 15 is 0 Å². The lowest BCUT2D eigenvalue weighted by atomic mass is 10.0.